The van der Waals surface area contributed by atoms with Crippen LogP contribution in [0.25, 0.3) is 6.08 Å². The van der Waals surface area contributed by atoms with Crippen molar-refractivity contribution in [2.24, 2.45) is 0 Å². The second-order valence-corrected chi connectivity index (χ2v) is 8.76. The topological polar surface area (TPSA) is 67.9 Å². The van der Waals surface area contributed by atoms with Crippen LogP contribution in [0.4, 0.5) is 5.69 Å². The van der Waals surface area contributed by atoms with Gasteiger partial charge in [0.25, 0.3) is 11.8 Å². The summed E-state index contributed by atoms with van der Waals surface area (Å²) in [5.74, 6) is 0.0350. The van der Waals surface area contributed by atoms with E-state index in [1.165, 1.54) is 27.7 Å². The van der Waals surface area contributed by atoms with Gasteiger partial charge in [-0.25, -0.2) is 0 Å². The fourth-order valence-corrected chi connectivity index (χ4v) is 4.40. The van der Waals surface area contributed by atoms with Crippen molar-refractivity contribution in [3.63, 3.8) is 0 Å². The summed E-state index contributed by atoms with van der Waals surface area (Å²) in [6.45, 7) is 6.62. The normalized spacial score (nSPS) is 14.8. The van der Waals surface area contributed by atoms with Crippen LogP contribution >= 0.6 is 12.2 Å². The molecule has 1 N–H and O–H groups in total. The molecule has 0 radical (unpaired) electrons. The number of benzene rings is 3. The van der Waals surface area contributed by atoms with Gasteiger partial charge in [0.05, 0.1) is 12.8 Å². The van der Waals surface area contributed by atoms with Crippen LogP contribution in [-0.2, 0) is 16.2 Å². The Kier molecular flexibility index (Phi) is 6.98. The van der Waals surface area contributed by atoms with Gasteiger partial charge < -0.3 is 9.47 Å². The van der Waals surface area contributed by atoms with Crippen molar-refractivity contribution >= 4 is 40.9 Å². The molecule has 6 nitrogen and oxygen atoms in total. The molecular formula is C28H26N2O4S. The Morgan fingerprint density at radius 2 is 1.63 bits per heavy atom. The number of anilines is 1. The Balaban J connectivity index is 1.60. The summed E-state index contributed by atoms with van der Waals surface area (Å²) in [7, 11) is 1.55. The van der Waals surface area contributed by atoms with Gasteiger partial charge in [-0.15, -0.1) is 0 Å². The first-order valence-corrected chi connectivity index (χ1v) is 11.5. The van der Waals surface area contributed by atoms with Crippen LogP contribution in [0.15, 0.2) is 66.2 Å². The molecule has 7 heteroatoms. The summed E-state index contributed by atoms with van der Waals surface area (Å²) in [6, 6.07) is 18.5. The molecule has 0 unspecified atom stereocenters. The van der Waals surface area contributed by atoms with E-state index in [9.17, 15) is 9.59 Å². The lowest BCUT2D eigenvalue weighted by molar-refractivity contribution is -0.122. The highest BCUT2D eigenvalue weighted by molar-refractivity contribution is 7.80. The number of carbonyl (C=O) groups excluding carboxylic acids is 2. The van der Waals surface area contributed by atoms with Crippen molar-refractivity contribution in [2.75, 3.05) is 12.0 Å². The highest BCUT2D eigenvalue weighted by atomic mass is 32.1. The zero-order valence-electron chi connectivity index (χ0n) is 20.0. The van der Waals surface area contributed by atoms with Crippen molar-refractivity contribution in [1.82, 2.24) is 5.32 Å². The average molecular weight is 487 g/mol. The number of nitrogens with one attached hydrogen (secondary N) is 1. The van der Waals surface area contributed by atoms with Crippen LogP contribution in [0.2, 0.25) is 0 Å². The van der Waals surface area contributed by atoms with Crippen LogP contribution in [0.3, 0.4) is 0 Å². The van der Waals surface area contributed by atoms with Crippen molar-refractivity contribution in [3.05, 3.63) is 94.1 Å². The monoisotopic (exact) mass is 486 g/mol. The minimum absolute atomic E-state index is 0.0240. The summed E-state index contributed by atoms with van der Waals surface area (Å²) in [6.07, 6.45) is 1.52. The van der Waals surface area contributed by atoms with Crippen LogP contribution in [0.5, 0.6) is 11.5 Å². The van der Waals surface area contributed by atoms with Gasteiger partial charge in [0.2, 0.25) is 0 Å². The van der Waals surface area contributed by atoms with Crippen molar-refractivity contribution < 1.29 is 19.1 Å². The third-order valence-electron chi connectivity index (χ3n) is 5.83. The number of carbonyl (C=O) groups is 2. The zero-order chi connectivity index (χ0) is 25.1. The first kappa shape index (κ1) is 24.2. The van der Waals surface area contributed by atoms with E-state index in [0.717, 1.165) is 5.56 Å². The van der Waals surface area contributed by atoms with Crippen molar-refractivity contribution in [2.45, 2.75) is 27.4 Å². The number of para-hydroxylation sites is 1. The second-order valence-electron chi connectivity index (χ2n) is 8.37. The van der Waals surface area contributed by atoms with Crippen molar-refractivity contribution in [1.29, 1.82) is 0 Å². The average Bonchev–Trinajstić information content (AvgIpc) is 2.82. The molecule has 0 aromatic heterocycles. The molecule has 0 bridgehead atoms. The fraction of sp³-hybridized carbons (Fsp3) is 0.179. The van der Waals surface area contributed by atoms with Gasteiger partial charge >= 0.3 is 0 Å². The fourth-order valence-electron chi connectivity index (χ4n) is 4.12. The molecule has 1 fully saturated rings. The molecule has 0 saturated carbocycles. The number of aryl methyl sites for hydroxylation is 3. The van der Waals surface area contributed by atoms with Gasteiger partial charge in [-0.2, -0.15) is 0 Å². The number of methoxy groups -OCH3 is 1. The molecule has 0 aliphatic carbocycles. The summed E-state index contributed by atoms with van der Waals surface area (Å²) in [5, 5.41) is 2.64. The lowest BCUT2D eigenvalue weighted by Gasteiger charge is -2.28. The van der Waals surface area contributed by atoms with E-state index in [-0.39, 0.29) is 10.7 Å². The summed E-state index contributed by atoms with van der Waals surface area (Å²) >= 11 is 5.24. The number of amides is 2. The molecule has 0 atom stereocenters. The van der Waals surface area contributed by atoms with Gasteiger partial charge in [-0.1, -0.05) is 42.0 Å². The van der Waals surface area contributed by atoms with Gasteiger partial charge in [-0.3, -0.25) is 19.8 Å². The number of thiocarbonyl (C=S) groups is 1. The lowest BCUT2D eigenvalue weighted by atomic mass is 10.0. The standard InChI is InChI=1S/C28H26N2O4S/c1-17-12-18(2)23(19(3)13-17)16-34-24-11-10-20(15-25(24)33-4)14-22-26(31)29-28(35)30(27(22)32)21-8-6-5-7-9-21/h5-15H,16H2,1-4H3,(H,29,31,35)/b22-14+. The molecule has 3 aromatic carbocycles. The highest BCUT2D eigenvalue weighted by Gasteiger charge is 2.34. The minimum Gasteiger partial charge on any atom is -0.493 e. The predicted octanol–water partition coefficient (Wildman–Crippen LogP) is 5.03. The predicted molar refractivity (Wildman–Crippen MR) is 141 cm³/mol. The van der Waals surface area contributed by atoms with Crippen LogP contribution in [-0.4, -0.2) is 24.0 Å². The van der Waals surface area contributed by atoms with Gasteiger partial charge in [0.15, 0.2) is 16.6 Å². The first-order chi connectivity index (χ1) is 16.8. The lowest BCUT2D eigenvalue weighted by Crippen LogP contribution is -2.54. The van der Waals surface area contributed by atoms with Crippen LogP contribution in [0.1, 0.15) is 27.8 Å². The van der Waals surface area contributed by atoms with Crippen molar-refractivity contribution in [3.8, 4) is 11.5 Å². The molecule has 178 valence electrons. The van der Waals surface area contributed by atoms with Crippen LogP contribution in [0, 0.1) is 20.8 Å². The quantitative estimate of drug-likeness (QED) is 0.301. The second kappa shape index (κ2) is 10.1. The molecule has 1 heterocycles. The summed E-state index contributed by atoms with van der Waals surface area (Å²) in [5.41, 5.74) is 5.87. The molecule has 35 heavy (non-hydrogen) atoms. The Bertz CT molecular complexity index is 1330. The maximum Gasteiger partial charge on any atom is 0.270 e. The van der Waals surface area contributed by atoms with E-state index in [2.05, 4.69) is 38.2 Å². The molecule has 1 saturated heterocycles. The Morgan fingerprint density at radius 3 is 2.29 bits per heavy atom. The Hall–Kier alpha value is -3.97. The van der Waals surface area contributed by atoms with E-state index in [1.54, 1.807) is 49.6 Å². The van der Waals surface area contributed by atoms with E-state index in [1.807, 2.05) is 6.07 Å². The van der Waals surface area contributed by atoms with Gasteiger partial charge in [-0.05, 0) is 85.6 Å². The smallest absolute Gasteiger partial charge is 0.270 e. The number of hydrogen-bond acceptors (Lipinski definition) is 5. The Labute approximate surface area is 210 Å². The molecule has 3 aromatic rings. The zero-order valence-corrected chi connectivity index (χ0v) is 20.9. The van der Waals surface area contributed by atoms with Gasteiger partial charge in [0.1, 0.15) is 12.2 Å². The first-order valence-electron chi connectivity index (χ1n) is 11.1. The summed E-state index contributed by atoms with van der Waals surface area (Å²) in [4.78, 5) is 27.1. The maximum absolute atomic E-state index is 13.2. The molecule has 1 aliphatic rings. The maximum atomic E-state index is 13.2. The molecule has 1 aliphatic heterocycles. The van der Waals surface area contributed by atoms with E-state index < -0.39 is 11.8 Å². The Morgan fingerprint density at radius 1 is 0.943 bits per heavy atom. The molecule has 2 amide bonds. The molecule has 4 rings (SSSR count). The largest absolute Gasteiger partial charge is 0.493 e. The molecule has 0 spiro atoms. The minimum atomic E-state index is -0.545. The number of nitrogens with zero attached hydrogens (tertiary/aromatic N) is 1. The van der Waals surface area contributed by atoms with Crippen LogP contribution < -0.4 is 19.7 Å². The summed E-state index contributed by atoms with van der Waals surface area (Å²) < 4.78 is 11.6. The third kappa shape index (κ3) is 5.10. The highest BCUT2D eigenvalue weighted by Crippen LogP contribution is 2.31. The van der Waals surface area contributed by atoms with E-state index >= 15 is 0 Å². The van der Waals surface area contributed by atoms with Gasteiger partial charge in [0, 0.05) is 0 Å². The number of ether oxygens (including phenoxy) is 2. The third-order valence-corrected chi connectivity index (χ3v) is 6.11. The number of rotatable bonds is 6. The SMILES string of the molecule is COc1cc(/C=C2\C(=O)NC(=S)N(c3ccccc3)C2=O)ccc1OCc1c(C)cc(C)cc1C. The van der Waals surface area contributed by atoms with E-state index in [4.69, 9.17) is 21.7 Å². The molecular weight excluding hydrogens is 460 g/mol. The van der Waals surface area contributed by atoms with E-state index in [0.29, 0.717) is 29.4 Å². The number of hydrogen-bond donors (Lipinski definition) is 1.